The zero-order valence-corrected chi connectivity index (χ0v) is 12.5. The maximum atomic E-state index is 13.1. The van der Waals surface area contributed by atoms with Crippen LogP contribution < -0.4 is 0 Å². The van der Waals surface area contributed by atoms with E-state index in [2.05, 4.69) is 10.3 Å². The summed E-state index contributed by atoms with van der Waals surface area (Å²) >= 11 is 5.89. The summed E-state index contributed by atoms with van der Waals surface area (Å²) in [6, 6.07) is 4.50. The molecule has 0 fully saturated rings. The van der Waals surface area contributed by atoms with Gasteiger partial charge in [0.15, 0.2) is 5.69 Å². The van der Waals surface area contributed by atoms with Crippen molar-refractivity contribution in [3.05, 3.63) is 46.5 Å². The van der Waals surface area contributed by atoms with Crippen LogP contribution in [0.25, 0.3) is 0 Å². The Morgan fingerprint density at radius 3 is 2.86 bits per heavy atom. The van der Waals surface area contributed by atoms with Gasteiger partial charge in [-0.05, 0) is 37.1 Å². The highest BCUT2D eigenvalue weighted by Gasteiger charge is 2.20. The lowest BCUT2D eigenvalue weighted by Gasteiger charge is -2.08. The van der Waals surface area contributed by atoms with Crippen LogP contribution >= 0.6 is 11.6 Å². The average molecular weight is 312 g/mol. The molecule has 0 amide bonds. The number of halogens is 2. The molecule has 0 radical (unpaired) electrons. The third-order valence-electron chi connectivity index (χ3n) is 3.06. The predicted molar refractivity (Wildman–Crippen MR) is 75.8 cm³/mol. The van der Waals surface area contributed by atoms with Crippen LogP contribution in [0.15, 0.2) is 18.2 Å². The van der Waals surface area contributed by atoms with Crippen LogP contribution in [0.5, 0.6) is 0 Å². The van der Waals surface area contributed by atoms with Gasteiger partial charge in [0.1, 0.15) is 5.82 Å². The first-order valence-electron chi connectivity index (χ1n) is 6.47. The zero-order valence-electron chi connectivity index (χ0n) is 11.8. The standard InChI is InChI=1S/C14H15ClFN3O2/c1-3-21-14(20)13-12(7-15)19(18-17-13)8-10-4-5-11(16)6-9(10)2/h4-6H,3,7-8H2,1-2H3. The van der Waals surface area contributed by atoms with Gasteiger partial charge in [-0.15, -0.1) is 16.7 Å². The minimum Gasteiger partial charge on any atom is -0.461 e. The van der Waals surface area contributed by atoms with Crippen LogP contribution in [0, 0.1) is 12.7 Å². The minimum absolute atomic E-state index is 0.0847. The van der Waals surface area contributed by atoms with Crippen LogP contribution in [-0.2, 0) is 17.2 Å². The largest absolute Gasteiger partial charge is 0.461 e. The Hall–Kier alpha value is -1.95. The molecule has 2 rings (SSSR count). The number of benzene rings is 1. The van der Waals surface area contributed by atoms with E-state index in [0.717, 1.165) is 11.1 Å². The number of aromatic nitrogens is 3. The molecular formula is C14H15ClFN3O2. The van der Waals surface area contributed by atoms with E-state index < -0.39 is 5.97 Å². The molecule has 1 aromatic carbocycles. The fraction of sp³-hybridized carbons (Fsp3) is 0.357. The molecular weight excluding hydrogens is 297 g/mol. The van der Waals surface area contributed by atoms with Crippen LogP contribution in [0.4, 0.5) is 4.39 Å². The van der Waals surface area contributed by atoms with Crippen LogP contribution in [0.3, 0.4) is 0 Å². The first-order chi connectivity index (χ1) is 10.1. The fourth-order valence-electron chi connectivity index (χ4n) is 1.95. The number of hydrogen-bond acceptors (Lipinski definition) is 4. The van der Waals surface area contributed by atoms with Gasteiger partial charge >= 0.3 is 5.97 Å². The van der Waals surface area contributed by atoms with Gasteiger partial charge < -0.3 is 4.74 Å². The van der Waals surface area contributed by atoms with Gasteiger partial charge in [0, 0.05) is 0 Å². The van der Waals surface area contributed by atoms with Gasteiger partial charge in [-0.25, -0.2) is 13.9 Å². The number of rotatable bonds is 5. The molecule has 2 aromatic rings. The van der Waals surface area contributed by atoms with E-state index in [4.69, 9.17) is 16.3 Å². The van der Waals surface area contributed by atoms with E-state index in [-0.39, 0.29) is 24.0 Å². The third-order valence-corrected chi connectivity index (χ3v) is 3.31. The van der Waals surface area contributed by atoms with Crippen molar-refractivity contribution in [2.24, 2.45) is 0 Å². The predicted octanol–water partition coefficient (Wildman–Crippen LogP) is 2.69. The summed E-state index contributed by atoms with van der Waals surface area (Å²) in [5.41, 5.74) is 2.28. The number of hydrogen-bond donors (Lipinski definition) is 0. The van der Waals surface area contributed by atoms with Crippen molar-refractivity contribution >= 4 is 17.6 Å². The lowest BCUT2D eigenvalue weighted by molar-refractivity contribution is 0.0518. The van der Waals surface area contributed by atoms with Gasteiger partial charge in [-0.3, -0.25) is 0 Å². The minimum atomic E-state index is -0.546. The second kappa shape index (κ2) is 6.67. The quantitative estimate of drug-likeness (QED) is 0.629. The number of ether oxygens (including phenoxy) is 1. The molecule has 0 saturated heterocycles. The monoisotopic (exact) mass is 311 g/mol. The number of carbonyl (C=O) groups excluding carboxylic acids is 1. The Kier molecular flexibility index (Phi) is 4.90. The Labute approximate surface area is 126 Å². The smallest absolute Gasteiger partial charge is 0.360 e. The summed E-state index contributed by atoms with van der Waals surface area (Å²) in [6.07, 6.45) is 0. The third kappa shape index (κ3) is 3.39. The van der Waals surface area contributed by atoms with Gasteiger partial charge in [0.05, 0.1) is 24.7 Å². The molecule has 0 spiro atoms. The molecule has 1 heterocycles. The summed E-state index contributed by atoms with van der Waals surface area (Å²) in [7, 11) is 0. The Morgan fingerprint density at radius 2 is 2.24 bits per heavy atom. The van der Waals surface area contributed by atoms with Crippen molar-refractivity contribution in [3.63, 3.8) is 0 Å². The zero-order chi connectivity index (χ0) is 15.4. The Bertz CT molecular complexity index is 658. The first-order valence-corrected chi connectivity index (χ1v) is 7.00. The summed E-state index contributed by atoms with van der Waals surface area (Å²) in [5.74, 6) is -0.753. The molecule has 0 N–H and O–H groups in total. The van der Waals surface area contributed by atoms with E-state index >= 15 is 0 Å². The highest BCUT2D eigenvalue weighted by molar-refractivity contribution is 6.17. The molecule has 0 aliphatic rings. The van der Waals surface area contributed by atoms with Crippen molar-refractivity contribution < 1.29 is 13.9 Å². The Balaban J connectivity index is 2.30. The number of carbonyl (C=O) groups is 1. The Morgan fingerprint density at radius 1 is 1.48 bits per heavy atom. The van der Waals surface area contributed by atoms with E-state index in [1.807, 2.05) is 6.92 Å². The molecule has 0 aliphatic heterocycles. The maximum absolute atomic E-state index is 13.1. The first kappa shape index (κ1) is 15.4. The normalized spacial score (nSPS) is 10.7. The van der Waals surface area contributed by atoms with Crippen LogP contribution in [0.1, 0.15) is 34.2 Å². The van der Waals surface area contributed by atoms with Crippen LogP contribution in [0.2, 0.25) is 0 Å². The lowest BCUT2D eigenvalue weighted by atomic mass is 10.1. The molecule has 112 valence electrons. The molecule has 0 saturated carbocycles. The van der Waals surface area contributed by atoms with Crippen molar-refractivity contribution in [2.45, 2.75) is 26.3 Å². The average Bonchev–Trinajstić information content (AvgIpc) is 2.85. The van der Waals surface area contributed by atoms with Gasteiger partial charge in [-0.1, -0.05) is 11.3 Å². The summed E-state index contributed by atoms with van der Waals surface area (Å²) in [5, 5.41) is 7.77. The topological polar surface area (TPSA) is 57.0 Å². The molecule has 5 nitrogen and oxygen atoms in total. The van der Waals surface area contributed by atoms with Gasteiger partial charge in [0.2, 0.25) is 0 Å². The van der Waals surface area contributed by atoms with Gasteiger partial charge in [-0.2, -0.15) is 0 Å². The van der Waals surface area contributed by atoms with Crippen molar-refractivity contribution in [1.29, 1.82) is 0 Å². The lowest BCUT2D eigenvalue weighted by Crippen LogP contribution is -2.11. The molecule has 21 heavy (non-hydrogen) atoms. The second-order valence-electron chi connectivity index (χ2n) is 4.47. The summed E-state index contributed by atoms with van der Waals surface area (Å²) < 4.78 is 19.5. The van der Waals surface area contributed by atoms with E-state index in [9.17, 15) is 9.18 Å². The van der Waals surface area contributed by atoms with Gasteiger partial charge in [0.25, 0.3) is 0 Å². The highest BCUT2D eigenvalue weighted by atomic mass is 35.5. The molecule has 1 aromatic heterocycles. The maximum Gasteiger partial charge on any atom is 0.360 e. The van der Waals surface area contributed by atoms with Crippen molar-refractivity contribution in [1.82, 2.24) is 15.0 Å². The van der Waals surface area contributed by atoms with E-state index in [0.29, 0.717) is 12.2 Å². The fourth-order valence-corrected chi connectivity index (χ4v) is 2.21. The second-order valence-corrected chi connectivity index (χ2v) is 4.73. The molecule has 0 bridgehead atoms. The van der Waals surface area contributed by atoms with E-state index in [1.54, 1.807) is 13.0 Å². The van der Waals surface area contributed by atoms with Crippen LogP contribution in [-0.4, -0.2) is 27.6 Å². The van der Waals surface area contributed by atoms with Crippen molar-refractivity contribution in [3.8, 4) is 0 Å². The number of esters is 1. The summed E-state index contributed by atoms with van der Waals surface area (Å²) in [6.45, 7) is 4.14. The summed E-state index contributed by atoms with van der Waals surface area (Å²) in [4.78, 5) is 11.8. The SMILES string of the molecule is CCOC(=O)c1nnn(Cc2ccc(F)cc2C)c1CCl. The number of alkyl halides is 1. The molecule has 0 unspecified atom stereocenters. The molecule has 0 aliphatic carbocycles. The number of nitrogens with zero attached hydrogens (tertiary/aromatic N) is 3. The highest BCUT2D eigenvalue weighted by Crippen LogP contribution is 2.15. The van der Waals surface area contributed by atoms with Crippen molar-refractivity contribution in [2.75, 3.05) is 6.61 Å². The molecule has 0 atom stereocenters. The van der Waals surface area contributed by atoms with E-state index in [1.165, 1.54) is 16.8 Å². The number of aryl methyl sites for hydroxylation is 1. The molecule has 7 heteroatoms.